The van der Waals surface area contributed by atoms with Gasteiger partial charge in [0.1, 0.15) is 22.4 Å². The van der Waals surface area contributed by atoms with Gasteiger partial charge < -0.3 is 14.6 Å². The number of halogens is 3. The Bertz CT molecular complexity index is 1410. The van der Waals surface area contributed by atoms with Crippen molar-refractivity contribution in [2.45, 2.75) is 75.4 Å². The molecule has 0 spiro atoms. The van der Waals surface area contributed by atoms with Gasteiger partial charge in [0.2, 0.25) is 11.8 Å². The fourth-order valence-electron chi connectivity index (χ4n) is 5.46. The van der Waals surface area contributed by atoms with Crippen LogP contribution in [0.25, 0.3) is 11.3 Å². The second-order valence-corrected chi connectivity index (χ2v) is 14.0. The van der Waals surface area contributed by atoms with Gasteiger partial charge in [0.05, 0.1) is 17.6 Å². The highest BCUT2D eigenvalue weighted by Gasteiger charge is 2.53. The van der Waals surface area contributed by atoms with Crippen LogP contribution in [0.15, 0.2) is 28.7 Å². The fourth-order valence-corrected chi connectivity index (χ4v) is 6.66. The number of oxazole rings is 1. The van der Waals surface area contributed by atoms with Crippen LogP contribution < -0.4 is 10.2 Å². The van der Waals surface area contributed by atoms with Gasteiger partial charge in [-0.15, -0.1) is 0 Å². The smallest absolute Gasteiger partial charge is 0.402 e. The average molecular weight is 579 g/mol. The summed E-state index contributed by atoms with van der Waals surface area (Å²) < 4.78 is 71.6. The SMILES string of the molecule is CC(C)(c1nc(-c2ccc(N3CCS(=O)(=O)CC3)cc2)c([C@@H]2CCCC[C@H]2C(=O)NC2(C#N)CC2)o1)C(F)(F)F. The highest BCUT2D eigenvalue weighted by atomic mass is 32.2. The zero-order valence-electron chi connectivity index (χ0n) is 22.6. The molecule has 1 aromatic heterocycles. The summed E-state index contributed by atoms with van der Waals surface area (Å²) in [7, 11) is -3.04. The van der Waals surface area contributed by atoms with Crippen molar-refractivity contribution in [3.63, 3.8) is 0 Å². The highest BCUT2D eigenvalue weighted by Crippen LogP contribution is 2.47. The van der Waals surface area contributed by atoms with E-state index >= 15 is 0 Å². The maximum absolute atomic E-state index is 14.0. The lowest BCUT2D eigenvalue weighted by molar-refractivity contribution is -0.186. The summed E-state index contributed by atoms with van der Waals surface area (Å²) in [5, 5.41) is 12.3. The minimum absolute atomic E-state index is 0.0658. The third-order valence-electron chi connectivity index (χ3n) is 8.51. The molecule has 0 radical (unpaired) electrons. The van der Waals surface area contributed by atoms with Crippen LogP contribution in [-0.4, -0.2) is 55.6 Å². The van der Waals surface area contributed by atoms with E-state index in [0.717, 1.165) is 32.4 Å². The number of hydrogen-bond donors (Lipinski definition) is 1. The molecule has 2 atom stereocenters. The van der Waals surface area contributed by atoms with Crippen LogP contribution in [0.1, 0.15) is 69.9 Å². The van der Waals surface area contributed by atoms with Crippen LogP contribution in [0, 0.1) is 17.2 Å². The van der Waals surface area contributed by atoms with Gasteiger partial charge in [-0.1, -0.05) is 25.0 Å². The Morgan fingerprint density at radius 3 is 2.33 bits per heavy atom. The molecule has 1 amide bonds. The van der Waals surface area contributed by atoms with E-state index in [1.54, 1.807) is 24.3 Å². The number of nitrogens with zero attached hydrogens (tertiary/aromatic N) is 3. The Labute approximate surface area is 231 Å². The molecule has 0 bridgehead atoms. The van der Waals surface area contributed by atoms with Gasteiger partial charge in [0.25, 0.3) is 0 Å². The molecule has 2 heterocycles. The number of nitriles is 1. The Morgan fingerprint density at radius 1 is 1.12 bits per heavy atom. The van der Waals surface area contributed by atoms with E-state index < -0.39 is 44.7 Å². The maximum atomic E-state index is 14.0. The lowest BCUT2D eigenvalue weighted by Gasteiger charge is -2.30. The van der Waals surface area contributed by atoms with Crippen molar-refractivity contribution in [3.8, 4) is 17.3 Å². The van der Waals surface area contributed by atoms with Crippen molar-refractivity contribution in [1.29, 1.82) is 5.26 Å². The van der Waals surface area contributed by atoms with Gasteiger partial charge in [-0.05, 0) is 51.7 Å². The first-order chi connectivity index (χ1) is 18.8. The quantitative estimate of drug-likeness (QED) is 0.520. The zero-order chi connectivity index (χ0) is 28.9. The molecule has 216 valence electrons. The predicted molar refractivity (Wildman–Crippen MR) is 142 cm³/mol. The molecule has 0 unspecified atom stereocenters. The molecular weight excluding hydrogens is 545 g/mol. The van der Waals surface area contributed by atoms with E-state index in [9.17, 15) is 31.6 Å². The number of sulfone groups is 1. The van der Waals surface area contributed by atoms with Gasteiger partial charge in [-0.3, -0.25) is 4.79 Å². The monoisotopic (exact) mass is 578 g/mol. The Kier molecular flexibility index (Phi) is 7.18. The minimum Gasteiger partial charge on any atom is -0.444 e. The molecule has 3 fully saturated rings. The summed E-state index contributed by atoms with van der Waals surface area (Å²) in [5.74, 6) is -1.40. The van der Waals surface area contributed by atoms with Gasteiger partial charge in [0.15, 0.2) is 9.84 Å². The van der Waals surface area contributed by atoms with E-state index in [2.05, 4.69) is 16.4 Å². The van der Waals surface area contributed by atoms with Crippen molar-refractivity contribution >= 4 is 21.4 Å². The largest absolute Gasteiger partial charge is 0.444 e. The number of anilines is 1. The molecule has 12 heteroatoms. The number of carbonyl (C=O) groups is 1. The lowest BCUT2D eigenvalue weighted by Crippen LogP contribution is -2.42. The molecule has 1 N–H and O–H groups in total. The molecule has 1 saturated heterocycles. The summed E-state index contributed by atoms with van der Waals surface area (Å²) in [5.41, 5.74) is -1.58. The highest BCUT2D eigenvalue weighted by molar-refractivity contribution is 7.91. The topological polar surface area (TPSA) is 116 Å². The van der Waals surface area contributed by atoms with E-state index in [-0.39, 0.29) is 28.9 Å². The number of carbonyl (C=O) groups excluding carboxylic acids is 1. The summed E-state index contributed by atoms with van der Waals surface area (Å²) >= 11 is 0. The number of alkyl halides is 3. The summed E-state index contributed by atoms with van der Waals surface area (Å²) in [4.78, 5) is 19.7. The first-order valence-corrected chi connectivity index (χ1v) is 15.4. The first-order valence-electron chi connectivity index (χ1n) is 13.6. The molecule has 2 saturated carbocycles. The number of amides is 1. The molecule has 3 aliphatic rings. The predicted octanol–water partition coefficient (Wildman–Crippen LogP) is 4.86. The Morgan fingerprint density at radius 2 is 1.75 bits per heavy atom. The number of rotatable bonds is 6. The molecule has 2 aromatic rings. The van der Waals surface area contributed by atoms with Crippen molar-refractivity contribution in [3.05, 3.63) is 35.9 Å². The average Bonchev–Trinajstić information content (AvgIpc) is 3.54. The number of nitrogens with one attached hydrogen (secondary N) is 1. The number of benzene rings is 1. The third-order valence-corrected chi connectivity index (χ3v) is 10.1. The van der Waals surface area contributed by atoms with Crippen LogP contribution in [0.5, 0.6) is 0 Å². The molecule has 2 aliphatic carbocycles. The van der Waals surface area contributed by atoms with Crippen molar-refractivity contribution < 1.29 is 30.8 Å². The minimum atomic E-state index is -4.61. The maximum Gasteiger partial charge on any atom is 0.402 e. The standard InChI is InChI=1S/C28H33F3N4O4S/c1-26(2,28(29,30)31)25-33-22(18-7-9-19(10-8-18)35-13-15-40(37,38)16-14-35)23(39-25)20-5-3-4-6-21(20)24(36)34-27(17-32)11-12-27/h7-10,20-21H,3-6,11-16H2,1-2H3,(H,34,36)/t20-,21-/m1/s1. The van der Waals surface area contributed by atoms with E-state index in [1.165, 1.54) is 0 Å². The van der Waals surface area contributed by atoms with Crippen molar-refractivity contribution in [1.82, 2.24) is 10.3 Å². The molecule has 5 rings (SSSR count). The van der Waals surface area contributed by atoms with Gasteiger partial charge >= 0.3 is 6.18 Å². The zero-order valence-corrected chi connectivity index (χ0v) is 23.4. The van der Waals surface area contributed by atoms with E-state index in [1.807, 2.05) is 4.90 Å². The van der Waals surface area contributed by atoms with Crippen LogP contribution in [0.4, 0.5) is 18.9 Å². The molecular formula is C28H33F3N4O4S. The second-order valence-electron chi connectivity index (χ2n) is 11.7. The number of hydrogen-bond acceptors (Lipinski definition) is 7. The van der Waals surface area contributed by atoms with Crippen LogP contribution in [0.2, 0.25) is 0 Å². The third kappa shape index (κ3) is 5.45. The van der Waals surface area contributed by atoms with Crippen LogP contribution in [-0.2, 0) is 20.0 Å². The normalized spacial score (nSPS) is 24.2. The summed E-state index contributed by atoms with van der Waals surface area (Å²) in [6, 6.07) is 9.26. The lowest BCUT2D eigenvalue weighted by atomic mass is 9.76. The fraction of sp³-hybridized carbons (Fsp3) is 0.607. The second kappa shape index (κ2) is 10.1. The molecule has 1 aromatic carbocycles. The van der Waals surface area contributed by atoms with Crippen molar-refractivity contribution in [2.24, 2.45) is 5.92 Å². The van der Waals surface area contributed by atoms with E-state index in [4.69, 9.17) is 4.42 Å². The van der Waals surface area contributed by atoms with Crippen molar-refractivity contribution in [2.75, 3.05) is 29.5 Å². The molecule has 40 heavy (non-hydrogen) atoms. The van der Waals surface area contributed by atoms with E-state index in [0.29, 0.717) is 44.3 Å². The number of aromatic nitrogens is 1. The first kappa shape index (κ1) is 28.5. The van der Waals surface area contributed by atoms with Gasteiger partial charge in [0, 0.05) is 36.2 Å². The Hall–Kier alpha value is -3.07. The Balaban J connectivity index is 1.51. The molecule has 8 nitrogen and oxygen atoms in total. The summed E-state index contributed by atoms with van der Waals surface area (Å²) in [6.45, 7) is 2.77. The molecule has 1 aliphatic heterocycles. The van der Waals surface area contributed by atoms with Gasteiger partial charge in [-0.2, -0.15) is 18.4 Å². The van der Waals surface area contributed by atoms with Crippen LogP contribution in [0.3, 0.4) is 0 Å². The summed E-state index contributed by atoms with van der Waals surface area (Å²) in [6.07, 6.45) is -0.789. The van der Waals surface area contributed by atoms with Gasteiger partial charge in [-0.25, -0.2) is 13.4 Å². The van der Waals surface area contributed by atoms with Crippen LogP contribution >= 0.6 is 0 Å².